The minimum atomic E-state index is -9.89. The van der Waals surface area contributed by atoms with Crippen molar-refractivity contribution in [1.82, 2.24) is 0 Å². The Bertz CT molecular complexity index is 1600. The van der Waals surface area contributed by atoms with Crippen molar-refractivity contribution in [2.75, 3.05) is 0 Å². The van der Waals surface area contributed by atoms with Gasteiger partial charge in [-0.05, 0) is 0 Å². The molecule has 0 aliphatic heterocycles. The van der Waals surface area contributed by atoms with Gasteiger partial charge in [-0.15, -0.1) is 0 Å². The number of hydrogen-bond donors (Lipinski definition) is 0. The van der Waals surface area contributed by atoms with Crippen molar-refractivity contribution >= 4 is 38.3 Å². The maximum absolute atomic E-state index is 10.8. The van der Waals surface area contributed by atoms with E-state index in [-0.39, 0.29) is 55.1 Å². The molecule has 0 heterocycles. The van der Waals surface area contributed by atoms with E-state index in [1.165, 1.54) is 0 Å². The van der Waals surface area contributed by atoms with Gasteiger partial charge in [0.2, 0.25) is 0 Å². The van der Waals surface area contributed by atoms with Gasteiger partial charge in [-0.25, -0.2) is 0 Å². The van der Waals surface area contributed by atoms with Crippen LogP contribution >= 0.6 is 0 Å². The molecule has 1 radical (unpaired) electrons. The molecular formula is C8CoMnN2O14. The summed E-state index contributed by atoms with van der Waals surface area (Å²) in [6, 6.07) is 0. The zero-order chi connectivity index (χ0) is 21.2. The number of rotatable bonds is 0. The molecule has 0 bridgehead atoms. The standard InChI is InChI=1S/8CO.Co.Mn.2NO3/c8*1-2;;;2*2-1(3)4/q;;;;;;;;+2;;2*-1. The van der Waals surface area contributed by atoms with Crippen molar-refractivity contribution in [3.63, 3.8) is 0 Å². The number of nitrogens with zero attached hydrogens (tertiary/aromatic N) is 2. The predicted octanol–water partition coefficient (Wildman–Crippen LogP) is -3.66. The van der Waals surface area contributed by atoms with Crippen molar-refractivity contribution in [2.24, 2.45) is 0 Å². The Morgan fingerprint density at radius 3 is 0.538 bits per heavy atom. The van der Waals surface area contributed by atoms with Crippen LogP contribution < -0.4 is 0 Å². The van der Waals surface area contributed by atoms with Gasteiger partial charge in [0, 0.05) is 0 Å². The second-order valence-corrected chi connectivity index (χ2v) is 13.9. The minimum Gasteiger partial charge on any atom is -0.356 e. The third-order valence-corrected chi connectivity index (χ3v) is 8.91. The smallest absolute Gasteiger partial charge is 0.356 e. The molecule has 0 amide bonds. The summed E-state index contributed by atoms with van der Waals surface area (Å²) in [5, 5.41) is 19.6. The largest absolute Gasteiger partial charge is 2.00 e. The molecular weight excluding hydrogens is 462 g/mol. The first-order valence-corrected chi connectivity index (χ1v) is 8.96. The Morgan fingerprint density at radius 2 is 0.538 bits per heavy atom. The Hall–Kier alpha value is -3.93. The summed E-state index contributed by atoms with van der Waals surface area (Å²) >= 11 is 0. The third-order valence-electron chi connectivity index (χ3n) is 2.16. The van der Waals surface area contributed by atoms with Gasteiger partial charge in [-0.3, -0.25) is 0 Å². The second kappa shape index (κ2) is 5.85. The Kier molecular flexibility index (Phi) is 6.75. The van der Waals surface area contributed by atoms with Crippen molar-refractivity contribution in [2.45, 2.75) is 0 Å². The molecule has 142 valence electrons. The SMILES string of the molecule is O=[C]=[Mn](=[C]=O)(=[C]=O)(=[C]=O)(=[C]=O)(=[C]=O)(=[C]=O)=[C]=O.O=[N+]([O-])[O-].O=[N+]([O-])[O-].[Co+2]. The van der Waals surface area contributed by atoms with Gasteiger partial charge in [-0.1, -0.05) is 0 Å². The first-order valence-electron chi connectivity index (χ1n) is 4.24. The molecule has 18 heteroatoms. The Balaban J connectivity index is -0.000000226. The average molecular weight is 462 g/mol. The molecule has 0 aromatic carbocycles. The molecule has 0 saturated carbocycles. The summed E-state index contributed by atoms with van der Waals surface area (Å²) in [6.45, 7) is 0. The maximum Gasteiger partial charge on any atom is 2.00 e. The molecule has 0 spiro atoms. The average Bonchev–Trinajstić information content (AvgIpc) is 2.62. The van der Waals surface area contributed by atoms with Gasteiger partial charge in [0.15, 0.2) is 0 Å². The van der Waals surface area contributed by atoms with Crippen molar-refractivity contribution in [3.05, 3.63) is 30.6 Å². The van der Waals surface area contributed by atoms with Gasteiger partial charge in [0.25, 0.3) is 0 Å². The fraction of sp³-hybridized carbons (Fsp3) is 0. The molecule has 16 nitrogen and oxygen atoms in total. The van der Waals surface area contributed by atoms with Crippen LogP contribution in [0.5, 0.6) is 0 Å². The van der Waals surface area contributed by atoms with Crippen LogP contribution in [-0.2, 0) is 60.3 Å². The quantitative estimate of drug-likeness (QED) is 0.191. The fourth-order valence-corrected chi connectivity index (χ4v) is 1.82. The van der Waals surface area contributed by atoms with Crippen LogP contribution in [0.15, 0.2) is 0 Å². The van der Waals surface area contributed by atoms with Gasteiger partial charge in [0.05, 0.1) is 10.2 Å². The van der Waals surface area contributed by atoms with E-state index in [9.17, 15) is 38.4 Å². The van der Waals surface area contributed by atoms with Gasteiger partial charge in [-0.2, -0.15) is 0 Å². The molecule has 0 atom stereocenters. The zero-order valence-electron chi connectivity index (χ0n) is 11.3. The summed E-state index contributed by atoms with van der Waals surface area (Å²) in [7, 11) is 0. The number of carbonyl (C=O) groups excluding carboxylic acids is 8. The van der Waals surface area contributed by atoms with Crippen molar-refractivity contribution in [3.8, 4) is 0 Å². The second-order valence-electron chi connectivity index (χ2n) is 3.71. The Morgan fingerprint density at radius 1 is 0.462 bits per heavy atom. The van der Waals surface area contributed by atoms with Crippen LogP contribution in [0.2, 0.25) is 0 Å². The van der Waals surface area contributed by atoms with E-state index < -0.39 is 15.3 Å². The van der Waals surface area contributed by atoms with Gasteiger partial charge >= 0.3 is 98.5 Å². The summed E-state index contributed by atoms with van der Waals surface area (Å²) in [5.74, 6) is 0. The molecule has 0 fully saturated rings. The molecule has 0 saturated heterocycles. The van der Waals surface area contributed by atoms with Crippen LogP contribution in [-0.4, -0.2) is 48.5 Å². The summed E-state index contributed by atoms with van der Waals surface area (Å²) in [6.07, 6.45) is 0. The Labute approximate surface area is 139 Å². The van der Waals surface area contributed by atoms with E-state index >= 15 is 0 Å². The van der Waals surface area contributed by atoms with E-state index in [4.69, 9.17) is 30.6 Å². The van der Waals surface area contributed by atoms with Crippen molar-refractivity contribution in [1.29, 1.82) is 0 Å². The minimum absolute atomic E-state index is 0. The monoisotopic (exact) mass is 462 g/mol. The zero-order valence-corrected chi connectivity index (χ0v) is 13.5. The van der Waals surface area contributed by atoms with E-state index in [0.717, 1.165) is 0 Å². The van der Waals surface area contributed by atoms with Crippen molar-refractivity contribution < 1.29 is 70.4 Å². The molecule has 0 unspecified atom stereocenters. The van der Waals surface area contributed by atoms with Crippen LogP contribution in [0.3, 0.4) is 0 Å². The normalized spacial score (nSPS) is 11.1. The van der Waals surface area contributed by atoms with Crippen LogP contribution in [0, 0.1) is 30.6 Å². The number of hydrogen-bond acceptors (Lipinski definition) is 14. The molecule has 0 aliphatic rings. The molecule has 26 heavy (non-hydrogen) atoms. The summed E-state index contributed by atoms with van der Waals surface area (Å²) in [5.41, 5.74) is 0. The van der Waals surface area contributed by atoms with E-state index in [1.807, 2.05) is 0 Å². The topological polar surface area (TPSA) is 269 Å². The van der Waals surface area contributed by atoms with Crippen LogP contribution in [0.25, 0.3) is 0 Å². The fourth-order valence-electron chi connectivity index (χ4n) is 0.441. The maximum atomic E-state index is 10.8. The predicted molar refractivity (Wildman–Crippen MR) is 66.3 cm³/mol. The molecule has 0 N–H and O–H groups in total. The van der Waals surface area contributed by atoms with Gasteiger partial charge in [0.1, 0.15) is 0 Å². The van der Waals surface area contributed by atoms with Crippen LogP contribution in [0.4, 0.5) is 0 Å². The molecule has 0 aromatic rings. The van der Waals surface area contributed by atoms with E-state index in [0.29, 0.717) is 0 Å². The van der Waals surface area contributed by atoms with Crippen LogP contribution in [0.1, 0.15) is 0 Å². The molecule has 0 rings (SSSR count). The summed E-state index contributed by atoms with van der Waals surface area (Å²) < 4.78 is 0. The van der Waals surface area contributed by atoms with E-state index in [2.05, 4.69) is 0 Å². The summed E-state index contributed by atoms with van der Waals surface area (Å²) in [4.78, 5) is 103. The van der Waals surface area contributed by atoms with E-state index in [1.54, 1.807) is 0 Å². The molecule has 0 aromatic heterocycles. The first-order chi connectivity index (χ1) is 11.1. The first kappa shape index (κ1) is 30.0. The molecule has 0 aliphatic carbocycles. The van der Waals surface area contributed by atoms with Gasteiger partial charge < -0.3 is 30.6 Å². The third kappa shape index (κ3) is 2.69.